The highest BCUT2D eigenvalue weighted by Gasteiger charge is 2.10. The number of benzene rings is 1. The van der Waals surface area contributed by atoms with Gasteiger partial charge in [-0.05, 0) is 30.2 Å². The number of thiazole rings is 1. The van der Waals surface area contributed by atoms with Gasteiger partial charge in [0.1, 0.15) is 5.69 Å². The van der Waals surface area contributed by atoms with Gasteiger partial charge in [-0.25, -0.2) is 9.97 Å². The van der Waals surface area contributed by atoms with E-state index in [1.807, 2.05) is 29.6 Å². The second-order valence-corrected chi connectivity index (χ2v) is 7.07. The predicted octanol–water partition coefficient (Wildman–Crippen LogP) is 3.78. The molecule has 138 valence electrons. The lowest BCUT2D eigenvalue weighted by molar-refractivity contribution is 0.185. The summed E-state index contributed by atoms with van der Waals surface area (Å²) >= 11 is 1.55. The van der Waals surface area contributed by atoms with E-state index in [4.69, 9.17) is 9.72 Å². The summed E-state index contributed by atoms with van der Waals surface area (Å²) in [7, 11) is 1.70. The number of hydrogen-bond donors (Lipinski definition) is 2. The van der Waals surface area contributed by atoms with Crippen molar-refractivity contribution in [1.29, 1.82) is 0 Å². The maximum atomic E-state index is 5.23. The summed E-state index contributed by atoms with van der Waals surface area (Å²) in [5, 5.41) is 9.31. The van der Waals surface area contributed by atoms with E-state index >= 15 is 0 Å². The molecule has 1 aromatic carbocycles. The third kappa shape index (κ3) is 4.32. The number of hydrogen-bond acceptors (Lipinski definition) is 7. The van der Waals surface area contributed by atoms with Crippen LogP contribution >= 0.6 is 11.3 Å². The SMILES string of the molecule is COCc1cccc(-c2cccc(-c3csc(NC4=NCCCN4)n3)n2)c1. The zero-order valence-electron chi connectivity index (χ0n) is 15.1. The van der Waals surface area contributed by atoms with Crippen LogP contribution in [0, 0.1) is 0 Å². The van der Waals surface area contributed by atoms with Gasteiger partial charge < -0.3 is 15.4 Å². The fourth-order valence-corrected chi connectivity index (χ4v) is 3.60. The molecule has 0 fully saturated rings. The summed E-state index contributed by atoms with van der Waals surface area (Å²) < 4.78 is 5.23. The second-order valence-electron chi connectivity index (χ2n) is 6.22. The Bertz CT molecular complexity index is 953. The van der Waals surface area contributed by atoms with Crippen molar-refractivity contribution in [3.8, 4) is 22.6 Å². The molecule has 0 bridgehead atoms. The van der Waals surface area contributed by atoms with Crippen LogP contribution in [0.15, 0.2) is 52.8 Å². The van der Waals surface area contributed by atoms with Gasteiger partial charge in [-0.1, -0.05) is 24.3 Å². The molecule has 1 aliphatic rings. The number of ether oxygens (including phenoxy) is 1. The Hall–Kier alpha value is -2.77. The molecule has 2 aromatic heterocycles. The molecule has 27 heavy (non-hydrogen) atoms. The van der Waals surface area contributed by atoms with Crippen LogP contribution in [0.2, 0.25) is 0 Å². The Morgan fingerprint density at radius 3 is 2.85 bits per heavy atom. The van der Waals surface area contributed by atoms with Crippen molar-refractivity contribution in [1.82, 2.24) is 15.3 Å². The van der Waals surface area contributed by atoms with Crippen molar-refractivity contribution in [2.24, 2.45) is 4.99 Å². The molecule has 0 aliphatic carbocycles. The van der Waals surface area contributed by atoms with Gasteiger partial charge in [0, 0.05) is 31.1 Å². The maximum absolute atomic E-state index is 5.23. The minimum absolute atomic E-state index is 0.590. The van der Waals surface area contributed by atoms with Crippen molar-refractivity contribution >= 4 is 22.4 Å². The molecule has 0 saturated carbocycles. The molecule has 0 amide bonds. The molecule has 0 saturated heterocycles. The summed E-state index contributed by atoms with van der Waals surface area (Å²) in [4.78, 5) is 13.9. The zero-order chi connectivity index (χ0) is 18.5. The van der Waals surface area contributed by atoms with E-state index in [1.54, 1.807) is 18.4 Å². The Labute approximate surface area is 162 Å². The molecule has 7 heteroatoms. The third-order valence-electron chi connectivity index (χ3n) is 4.17. The standard InChI is InChI=1S/C20H21N5OS/c1-26-12-14-5-2-6-15(11-14)16-7-3-8-17(23-16)18-13-27-20(24-18)25-19-21-9-4-10-22-19/h2-3,5-8,11,13H,4,9-10,12H2,1H3,(H2,21,22,24,25). The van der Waals surface area contributed by atoms with E-state index in [2.05, 4.69) is 38.8 Å². The number of pyridine rings is 1. The zero-order valence-corrected chi connectivity index (χ0v) is 15.9. The number of nitrogens with one attached hydrogen (secondary N) is 2. The van der Waals surface area contributed by atoms with Crippen LogP contribution in [-0.4, -0.2) is 36.1 Å². The highest BCUT2D eigenvalue weighted by Crippen LogP contribution is 2.26. The molecule has 3 aromatic rings. The first-order valence-corrected chi connectivity index (χ1v) is 9.76. The highest BCUT2D eigenvalue weighted by atomic mass is 32.1. The van der Waals surface area contributed by atoms with Crippen molar-refractivity contribution in [3.05, 3.63) is 53.4 Å². The van der Waals surface area contributed by atoms with Crippen molar-refractivity contribution in [2.75, 3.05) is 25.5 Å². The van der Waals surface area contributed by atoms with Crippen LogP contribution in [0.3, 0.4) is 0 Å². The second kappa shape index (κ2) is 8.28. The van der Waals surface area contributed by atoms with E-state index in [-0.39, 0.29) is 0 Å². The first kappa shape index (κ1) is 17.6. The third-order valence-corrected chi connectivity index (χ3v) is 4.93. The van der Waals surface area contributed by atoms with Gasteiger partial charge in [0.25, 0.3) is 0 Å². The van der Waals surface area contributed by atoms with Gasteiger partial charge in [0.05, 0.1) is 18.0 Å². The lowest BCUT2D eigenvalue weighted by Gasteiger charge is -2.14. The van der Waals surface area contributed by atoms with Gasteiger partial charge in [-0.3, -0.25) is 4.99 Å². The molecule has 4 rings (SSSR count). The molecule has 0 unspecified atom stereocenters. The summed E-state index contributed by atoms with van der Waals surface area (Å²) in [6.07, 6.45) is 1.07. The Kier molecular flexibility index (Phi) is 5.41. The number of aromatic nitrogens is 2. The average molecular weight is 379 g/mol. The minimum Gasteiger partial charge on any atom is -0.380 e. The molecule has 0 spiro atoms. The summed E-state index contributed by atoms with van der Waals surface area (Å²) in [5.41, 5.74) is 4.83. The van der Waals surface area contributed by atoms with Gasteiger partial charge in [-0.2, -0.15) is 0 Å². The van der Waals surface area contributed by atoms with E-state index in [0.717, 1.165) is 58.8 Å². The van der Waals surface area contributed by atoms with Crippen LogP contribution in [0.5, 0.6) is 0 Å². The molecule has 0 radical (unpaired) electrons. The van der Waals surface area contributed by atoms with Crippen LogP contribution in [0.25, 0.3) is 22.6 Å². The number of anilines is 1. The number of rotatable bonds is 5. The van der Waals surface area contributed by atoms with E-state index < -0.39 is 0 Å². The number of aliphatic imine (C=N–C) groups is 1. The molecule has 1 aliphatic heterocycles. The van der Waals surface area contributed by atoms with Crippen molar-refractivity contribution in [2.45, 2.75) is 13.0 Å². The normalized spacial score (nSPS) is 13.7. The molecule has 2 N–H and O–H groups in total. The monoisotopic (exact) mass is 379 g/mol. The predicted molar refractivity (Wildman–Crippen MR) is 110 cm³/mol. The largest absolute Gasteiger partial charge is 0.380 e. The van der Waals surface area contributed by atoms with Crippen LogP contribution in [-0.2, 0) is 11.3 Å². The Morgan fingerprint density at radius 1 is 1.11 bits per heavy atom. The Morgan fingerprint density at radius 2 is 2.00 bits per heavy atom. The first-order valence-electron chi connectivity index (χ1n) is 8.88. The van der Waals surface area contributed by atoms with Gasteiger partial charge in [0.2, 0.25) is 0 Å². The van der Waals surface area contributed by atoms with Crippen molar-refractivity contribution < 1.29 is 4.74 Å². The molecule has 0 atom stereocenters. The van der Waals surface area contributed by atoms with Crippen LogP contribution < -0.4 is 10.6 Å². The smallest absolute Gasteiger partial charge is 0.197 e. The molecule has 3 heterocycles. The summed E-state index contributed by atoms with van der Waals surface area (Å²) in [6, 6.07) is 14.3. The Balaban J connectivity index is 1.56. The number of nitrogens with zero attached hydrogens (tertiary/aromatic N) is 3. The van der Waals surface area contributed by atoms with E-state index in [0.29, 0.717) is 6.61 Å². The minimum atomic E-state index is 0.590. The van der Waals surface area contributed by atoms with Gasteiger partial charge in [-0.15, -0.1) is 11.3 Å². The van der Waals surface area contributed by atoms with Crippen molar-refractivity contribution in [3.63, 3.8) is 0 Å². The molecular weight excluding hydrogens is 358 g/mol. The van der Waals surface area contributed by atoms with E-state index in [9.17, 15) is 0 Å². The fourth-order valence-electron chi connectivity index (χ4n) is 2.89. The lowest BCUT2D eigenvalue weighted by Crippen LogP contribution is -2.35. The number of guanidine groups is 1. The van der Waals surface area contributed by atoms with E-state index in [1.165, 1.54) is 0 Å². The lowest BCUT2D eigenvalue weighted by atomic mass is 10.1. The molecule has 6 nitrogen and oxygen atoms in total. The summed E-state index contributed by atoms with van der Waals surface area (Å²) in [6.45, 7) is 2.38. The average Bonchev–Trinajstić information content (AvgIpc) is 3.18. The molecular formula is C20H21N5OS. The first-order chi connectivity index (χ1) is 13.3. The number of methoxy groups -OCH3 is 1. The maximum Gasteiger partial charge on any atom is 0.197 e. The van der Waals surface area contributed by atoms with Gasteiger partial charge in [0.15, 0.2) is 11.1 Å². The van der Waals surface area contributed by atoms with Crippen LogP contribution in [0.4, 0.5) is 5.13 Å². The van der Waals surface area contributed by atoms with Gasteiger partial charge >= 0.3 is 0 Å². The highest BCUT2D eigenvalue weighted by molar-refractivity contribution is 7.14. The fraction of sp³-hybridized carbons (Fsp3) is 0.250. The quantitative estimate of drug-likeness (QED) is 0.706. The van der Waals surface area contributed by atoms with Crippen LogP contribution in [0.1, 0.15) is 12.0 Å². The summed E-state index contributed by atoms with van der Waals surface area (Å²) in [5.74, 6) is 0.791. The topological polar surface area (TPSA) is 71.4 Å².